The summed E-state index contributed by atoms with van der Waals surface area (Å²) in [5.41, 5.74) is -2.05. The molecule has 0 aromatic heterocycles. The Labute approximate surface area is 392 Å². The monoisotopic (exact) mass is 959 g/mol. The molecule has 19 heteroatoms. The predicted molar refractivity (Wildman–Crippen MR) is 231 cm³/mol. The van der Waals surface area contributed by atoms with Crippen molar-refractivity contribution >= 4 is 5.97 Å². The molecule has 5 aliphatic carbocycles. The van der Waals surface area contributed by atoms with Gasteiger partial charge in [-0.15, -0.1) is 0 Å². The molecule has 0 bridgehead atoms. The summed E-state index contributed by atoms with van der Waals surface area (Å²) in [4.78, 5) is 15.0. The number of ether oxygens (including phenoxy) is 6. The molecule has 27 atom stereocenters. The highest BCUT2D eigenvalue weighted by molar-refractivity contribution is 5.79. The molecule has 0 aromatic rings. The molecule has 27 unspecified atom stereocenters. The highest BCUT2D eigenvalue weighted by atomic mass is 16.8. The summed E-state index contributed by atoms with van der Waals surface area (Å²) < 4.78 is 34.7. The Morgan fingerprint density at radius 3 is 2.00 bits per heavy atom. The average Bonchev–Trinajstić information content (AvgIpc) is 3.26. The molecular formula is C48H78O19. The number of esters is 1. The summed E-state index contributed by atoms with van der Waals surface area (Å²) in [6, 6.07) is 0. The molecule has 4 saturated carbocycles. The van der Waals surface area contributed by atoms with Gasteiger partial charge in [0.05, 0.1) is 43.0 Å². The number of allylic oxidation sites excluding steroid dienone is 2. The quantitative estimate of drug-likeness (QED) is 0.102. The topological polar surface area (TPSA) is 315 Å². The maximum absolute atomic E-state index is 15.0. The summed E-state index contributed by atoms with van der Waals surface area (Å²) in [5, 5.41) is 131. The van der Waals surface area contributed by atoms with E-state index in [2.05, 4.69) is 40.7 Å². The zero-order valence-electron chi connectivity index (χ0n) is 39.9. The van der Waals surface area contributed by atoms with Crippen LogP contribution < -0.4 is 0 Å². The number of carbonyl (C=O) groups excluding carboxylic acids is 1. The van der Waals surface area contributed by atoms with Gasteiger partial charge >= 0.3 is 5.97 Å². The maximum atomic E-state index is 15.0. The van der Waals surface area contributed by atoms with E-state index in [4.69, 9.17) is 28.4 Å². The van der Waals surface area contributed by atoms with Crippen molar-refractivity contribution < 1.29 is 94.5 Å². The largest absolute Gasteiger partial charge is 0.432 e. The van der Waals surface area contributed by atoms with Crippen molar-refractivity contribution in [2.24, 2.45) is 56.7 Å². The Morgan fingerprint density at radius 2 is 1.33 bits per heavy atom. The van der Waals surface area contributed by atoms with Crippen molar-refractivity contribution in [2.75, 3.05) is 13.2 Å². The number of hydrogen-bond donors (Lipinski definition) is 12. The van der Waals surface area contributed by atoms with Crippen LogP contribution in [0.1, 0.15) is 100 Å². The average molecular weight is 959 g/mol. The molecule has 384 valence electrons. The molecule has 12 N–H and O–H groups in total. The SMILES string of the molecule is CC1CCC2(C(=O)OC3OC(COC4OC(CO)C(OC5OC(C)C(O)C(O)C5O)C(O)C4O)C(O)C(O)C3O)CCC3(C)C(=CCC4C5(C)CC(O)C(O)C(C)(C)C5C(O)CC43C)C2C1C. The van der Waals surface area contributed by atoms with E-state index in [-0.39, 0.29) is 29.6 Å². The van der Waals surface area contributed by atoms with E-state index in [1.807, 2.05) is 13.8 Å². The third-order valence-corrected chi connectivity index (χ3v) is 19.5. The van der Waals surface area contributed by atoms with Crippen molar-refractivity contribution in [1.82, 2.24) is 0 Å². The number of hydrogen-bond acceptors (Lipinski definition) is 19. The minimum atomic E-state index is -1.87. The third-order valence-electron chi connectivity index (χ3n) is 19.5. The first-order valence-electron chi connectivity index (χ1n) is 24.5. The molecular weight excluding hydrogens is 881 g/mol. The minimum Gasteiger partial charge on any atom is -0.432 e. The lowest BCUT2D eigenvalue weighted by Gasteiger charge is -2.72. The minimum absolute atomic E-state index is 0.0221. The van der Waals surface area contributed by atoms with Crippen molar-refractivity contribution in [1.29, 1.82) is 0 Å². The summed E-state index contributed by atoms with van der Waals surface area (Å²) in [6.07, 6.45) is -21.1. The first kappa shape index (κ1) is 51.9. The number of rotatable bonds is 8. The number of carbonyl (C=O) groups is 1. The molecule has 8 aliphatic rings. The molecule has 3 aliphatic heterocycles. The van der Waals surface area contributed by atoms with Gasteiger partial charge in [-0.1, -0.05) is 60.1 Å². The van der Waals surface area contributed by atoms with Crippen LogP contribution in [0.5, 0.6) is 0 Å². The Bertz CT molecular complexity index is 1830. The van der Waals surface area contributed by atoms with Gasteiger partial charge < -0.3 is 89.7 Å². The van der Waals surface area contributed by atoms with Gasteiger partial charge in [0, 0.05) is 0 Å². The standard InChI is InChI=1S/C48H78O19/c1-19-11-12-48(14-13-46(7)22(28(48)20(19)2)9-10-27-45(6)15-24(51)39(60)44(4,5)38(45)23(50)16-47(27,46)8)43(61)67-42-35(58)32(55)30(53)26(65-42)18-62-40-36(59)33(56)37(25(17-49)64-40)66-41-34(57)31(54)29(52)21(3)63-41/h9,19-21,23-42,49-60H,10-18H2,1-8H3. The van der Waals surface area contributed by atoms with Crippen LogP contribution in [0.4, 0.5) is 0 Å². The molecule has 0 radical (unpaired) electrons. The Kier molecular flexibility index (Phi) is 14.1. The van der Waals surface area contributed by atoms with Crippen LogP contribution in [0.25, 0.3) is 0 Å². The lowest BCUT2D eigenvalue weighted by atomic mass is 9.32. The van der Waals surface area contributed by atoms with Gasteiger partial charge in [-0.25, -0.2) is 0 Å². The Balaban J connectivity index is 0.990. The molecule has 8 rings (SSSR count). The van der Waals surface area contributed by atoms with Crippen LogP contribution in [0.15, 0.2) is 11.6 Å². The zero-order valence-corrected chi connectivity index (χ0v) is 39.9. The van der Waals surface area contributed by atoms with Gasteiger partial charge in [-0.05, 0) is 103 Å². The summed E-state index contributed by atoms with van der Waals surface area (Å²) in [6.45, 7) is 14.9. The number of aliphatic hydroxyl groups is 12. The molecule has 0 amide bonds. The molecule has 67 heavy (non-hydrogen) atoms. The number of fused-ring (bicyclic) bond motifs is 7. The highest BCUT2D eigenvalue weighted by Crippen LogP contribution is 2.76. The van der Waals surface area contributed by atoms with E-state index >= 15 is 4.79 Å². The lowest BCUT2D eigenvalue weighted by molar-refractivity contribution is -0.361. The van der Waals surface area contributed by atoms with E-state index in [0.29, 0.717) is 38.5 Å². The molecule has 0 spiro atoms. The van der Waals surface area contributed by atoms with Crippen LogP contribution in [-0.2, 0) is 33.2 Å². The summed E-state index contributed by atoms with van der Waals surface area (Å²) in [5.74, 6) is -0.831. The second-order valence-corrected chi connectivity index (χ2v) is 23.2. The normalized spacial score (nSPS) is 56.4. The molecule has 3 saturated heterocycles. The van der Waals surface area contributed by atoms with E-state index in [0.717, 1.165) is 12.0 Å². The van der Waals surface area contributed by atoms with E-state index in [1.54, 1.807) is 0 Å². The van der Waals surface area contributed by atoms with Crippen LogP contribution in [0, 0.1) is 56.7 Å². The molecule has 0 aromatic carbocycles. The first-order chi connectivity index (χ1) is 31.2. The predicted octanol–water partition coefficient (Wildman–Crippen LogP) is -1.03. The number of aliphatic hydroxyl groups excluding tert-OH is 12. The fraction of sp³-hybridized carbons (Fsp3) is 0.938. The van der Waals surface area contributed by atoms with Crippen molar-refractivity contribution in [3.8, 4) is 0 Å². The van der Waals surface area contributed by atoms with Gasteiger partial charge in [0.25, 0.3) is 0 Å². The van der Waals surface area contributed by atoms with E-state index in [9.17, 15) is 61.3 Å². The van der Waals surface area contributed by atoms with Crippen LogP contribution in [0.2, 0.25) is 0 Å². The smallest absolute Gasteiger partial charge is 0.315 e. The van der Waals surface area contributed by atoms with Crippen molar-refractivity contribution in [2.45, 2.75) is 211 Å². The van der Waals surface area contributed by atoms with E-state index < -0.39 is 157 Å². The molecule has 3 heterocycles. The zero-order chi connectivity index (χ0) is 49.2. The summed E-state index contributed by atoms with van der Waals surface area (Å²) >= 11 is 0. The molecule has 7 fully saturated rings. The van der Waals surface area contributed by atoms with Gasteiger partial charge in [0.15, 0.2) is 12.6 Å². The maximum Gasteiger partial charge on any atom is 0.315 e. The van der Waals surface area contributed by atoms with E-state index in [1.165, 1.54) is 6.92 Å². The van der Waals surface area contributed by atoms with Gasteiger partial charge in [-0.2, -0.15) is 0 Å². The van der Waals surface area contributed by atoms with Gasteiger partial charge in [0.2, 0.25) is 6.29 Å². The Hall–Kier alpha value is -1.47. The van der Waals surface area contributed by atoms with Crippen LogP contribution in [0.3, 0.4) is 0 Å². The van der Waals surface area contributed by atoms with Gasteiger partial charge in [0.1, 0.15) is 67.1 Å². The van der Waals surface area contributed by atoms with Crippen LogP contribution >= 0.6 is 0 Å². The molecule has 19 nitrogen and oxygen atoms in total. The van der Waals surface area contributed by atoms with Gasteiger partial charge in [-0.3, -0.25) is 4.79 Å². The second kappa shape index (κ2) is 18.2. The summed E-state index contributed by atoms with van der Waals surface area (Å²) in [7, 11) is 0. The second-order valence-electron chi connectivity index (χ2n) is 23.2. The van der Waals surface area contributed by atoms with Crippen molar-refractivity contribution in [3.05, 3.63) is 11.6 Å². The van der Waals surface area contributed by atoms with Crippen LogP contribution in [-0.4, -0.2) is 191 Å². The Morgan fingerprint density at radius 1 is 0.701 bits per heavy atom. The third kappa shape index (κ3) is 7.92. The fourth-order valence-corrected chi connectivity index (χ4v) is 15.4. The fourth-order valence-electron chi connectivity index (χ4n) is 15.4. The van der Waals surface area contributed by atoms with Crippen molar-refractivity contribution in [3.63, 3.8) is 0 Å². The highest BCUT2D eigenvalue weighted by Gasteiger charge is 2.72. The lowest BCUT2D eigenvalue weighted by Crippen LogP contribution is -2.70. The first-order valence-corrected chi connectivity index (χ1v) is 24.5.